The molecule has 3 N–H and O–H groups in total. The number of nitrogens with two attached hydrogens (primary N) is 1. The minimum Gasteiger partial charge on any atom is -0.325 e. The monoisotopic (exact) mass is 252 g/mol. The van der Waals surface area contributed by atoms with E-state index in [0.717, 1.165) is 25.9 Å². The molecule has 1 aliphatic carbocycles. The second kappa shape index (κ2) is 5.98. The highest BCUT2D eigenvalue weighted by atomic mass is 32.1. The van der Waals surface area contributed by atoms with Crippen LogP contribution in [0, 0.1) is 0 Å². The molecule has 3 heteroatoms. The first-order valence-electron chi connectivity index (χ1n) is 6.79. The molecule has 0 atom stereocenters. The first kappa shape index (κ1) is 13.1. The van der Waals surface area contributed by atoms with Gasteiger partial charge in [-0.25, -0.2) is 0 Å². The fourth-order valence-corrected chi connectivity index (χ4v) is 3.51. The number of aryl methyl sites for hydroxylation is 1. The summed E-state index contributed by atoms with van der Waals surface area (Å²) >= 11 is 1.92. The van der Waals surface area contributed by atoms with Crippen LogP contribution in [-0.2, 0) is 13.0 Å². The van der Waals surface area contributed by atoms with Gasteiger partial charge in [0.2, 0.25) is 0 Å². The Bertz CT molecular complexity index is 340. The van der Waals surface area contributed by atoms with Crippen LogP contribution < -0.4 is 11.1 Å². The summed E-state index contributed by atoms with van der Waals surface area (Å²) in [6, 6.07) is 4.48. The summed E-state index contributed by atoms with van der Waals surface area (Å²) in [5.41, 5.74) is 6.46. The Kier molecular flexibility index (Phi) is 4.60. The third kappa shape index (κ3) is 3.80. The lowest BCUT2D eigenvalue weighted by Crippen LogP contribution is -2.39. The standard InChI is InChI=1S/C14H24N2S/c1-2-12-5-6-13(17-12)11-16-10-9-14(15)7-3-4-8-14/h5-6,16H,2-4,7-11,15H2,1H3. The van der Waals surface area contributed by atoms with Crippen LogP contribution in [0.5, 0.6) is 0 Å². The summed E-state index contributed by atoms with van der Waals surface area (Å²) in [5, 5.41) is 3.52. The summed E-state index contributed by atoms with van der Waals surface area (Å²) in [4.78, 5) is 2.92. The molecule has 2 rings (SSSR count). The van der Waals surface area contributed by atoms with Gasteiger partial charge in [0.25, 0.3) is 0 Å². The van der Waals surface area contributed by atoms with Crippen molar-refractivity contribution in [2.45, 2.75) is 57.5 Å². The van der Waals surface area contributed by atoms with E-state index in [0.29, 0.717) is 0 Å². The van der Waals surface area contributed by atoms with Crippen LogP contribution in [0.4, 0.5) is 0 Å². The highest BCUT2D eigenvalue weighted by Crippen LogP contribution is 2.29. The predicted octanol–water partition coefficient (Wildman–Crippen LogP) is 3.06. The van der Waals surface area contributed by atoms with E-state index in [1.54, 1.807) is 0 Å². The summed E-state index contributed by atoms with van der Waals surface area (Å²) < 4.78 is 0. The Hall–Kier alpha value is -0.380. The second-order valence-electron chi connectivity index (χ2n) is 5.22. The molecular weight excluding hydrogens is 228 g/mol. The average Bonchev–Trinajstić information content (AvgIpc) is 2.94. The van der Waals surface area contributed by atoms with Crippen LogP contribution in [0.1, 0.15) is 48.8 Å². The van der Waals surface area contributed by atoms with Gasteiger partial charge in [0.05, 0.1) is 0 Å². The van der Waals surface area contributed by atoms with Gasteiger partial charge in [-0.1, -0.05) is 19.8 Å². The van der Waals surface area contributed by atoms with Crippen LogP contribution in [0.2, 0.25) is 0 Å². The molecule has 96 valence electrons. The number of rotatable bonds is 6. The fraction of sp³-hybridized carbons (Fsp3) is 0.714. The van der Waals surface area contributed by atoms with Crippen LogP contribution in [-0.4, -0.2) is 12.1 Å². The number of hydrogen-bond donors (Lipinski definition) is 2. The van der Waals surface area contributed by atoms with Crippen molar-refractivity contribution in [1.29, 1.82) is 0 Å². The lowest BCUT2D eigenvalue weighted by Gasteiger charge is -2.23. The van der Waals surface area contributed by atoms with E-state index >= 15 is 0 Å². The lowest BCUT2D eigenvalue weighted by atomic mass is 9.95. The first-order chi connectivity index (χ1) is 8.22. The molecule has 1 aromatic heterocycles. The molecule has 1 fully saturated rings. The molecule has 0 radical (unpaired) electrons. The van der Waals surface area contributed by atoms with E-state index in [-0.39, 0.29) is 5.54 Å². The highest BCUT2D eigenvalue weighted by Gasteiger charge is 2.28. The fourth-order valence-electron chi connectivity index (χ4n) is 2.59. The summed E-state index contributed by atoms with van der Waals surface area (Å²) in [5.74, 6) is 0. The highest BCUT2D eigenvalue weighted by molar-refractivity contribution is 7.11. The van der Waals surface area contributed by atoms with Crippen molar-refractivity contribution >= 4 is 11.3 Å². The molecule has 2 nitrogen and oxygen atoms in total. The van der Waals surface area contributed by atoms with Crippen molar-refractivity contribution in [1.82, 2.24) is 5.32 Å². The Morgan fingerprint density at radius 2 is 2.00 bits per heavy atom. The zero-order chi connectivity index (χ0) is 12.1. The second-order valence-corrected chi connectivity index (χ2v) is 6.47. The quantitative estimate of drug-likeness (QED) is 0.764. The van der Waals surface area contributed by atoms with E-state index in [1.165, 1.54) is 35.4 Å². The largest absolute Gasteiger partial charge is 0.325 e. The molecule has 0 aromatic carbocycles. The van der Waals surface area contributed by atoms with Crippen LogP contribution in [0.3, 0.4) is 0 Å². The Labute approximate surface area is 109 Å². The lowest BCUT2D eigenvalue weighted by molar-refractivity contribution is 0.394. The Morgan fingerprint density at radius 3 is 2.65 bits per heavy atom. The van der Waals surface area contributed by atoms with Gasteiger partial charge in [-0.2, -0.15) is 0 Å². The van der Waals surface area contributed by atoms with Crippen molar-refractivity contribution in [2.75, 3.05) is 6.54 Å². The predicted molar refractivity (Wildman–Crippen MR) is 75.4 cm³/mol. The zero-order valence-electron chi connectivity index (χ0n) is 10.8. The van der Waals surface area contributed by atoms with Gasteiger partial charge in [-0.15, -0.1) is 11.3 Å². The molecule has 0 spiro atoms. The maximum Gasteiger partial charge on any atom is 0.0299 e. The minimum atomic E-state index is 0.136. The zero-order valence-corrected chi connectivity index (χ0v) is 11.6. The van der Waals surface area contributed by atoms with Crippen molar-refractivity contribution in [2.24, 2.45) is 5.73 Å². The van der Waals surface area contributed by atoms with E-state index in [1.807, 2.05) is 11.3 Å². The maximum absolute atomic E-state index is 6.33. The van der Waals surface area contributed by atoms with Crippen LogP contribution in [0.25, 0.3) is 0 Å². The summed E-state index contributed by atoms with van der Waals surface area (Å²) in [7, 11) is 0. The first-order valence-corrected chi connectivity index (χ1v) is 7.61. The van der Waals surface area contributed by atoms with E-state index in [2.05, 4.69) is 24.4 Å². The SMILES string of the molecule is CCc1ccc(CNCCC2(N)CCCC2)s1. The van der Waals surface area contributed by atoms with Crippen LogP contribution in [0.15, 0.2) is 12.1 Å². The van der Waals surface area contributed by atoms with E-state index in [4.69, 9.17) is 5.73 Å². The summed E-state index contributed by atoms with van der Waals surface area (Å²) in [6.45, 7) is 4.26. The Balaban J connectivity index is 1.65. The topological polar surface area (TPSA) is 38.0 Å². The average molecular weight is 252 g/mol. The van der Waals surface area contributed by atoms with E-state index < -0.39 is 0 Å². The number of hydrogen-bond acceptors (Lipinski definition) is 3. The minimum absolute atomic E-state index is 0.136. The molecule has 0 saturated heterocycles. The van der Waals surface area contributed by atoms with Gasteiger partial charge in [0.15, 0.2) is 0 Å². The molecule has 1 heterocycles. The molecular formula is C14H24N2S. The van der Waals surface area contributed by atoms with E-state index in [9.17, 15) is 0 Å². The molecule has 0 unspecified atom stereocenters. The molecule has 17 heavy (non-hydrogen) atoms. The third-order valence-corrected chi connectivity index (χ3v) is 4.99. The van der Waals surface area contributed by atoms with Crippen molar-refractivity contribution in [3.05, 3.63) is 21.9 Å². The summed E-state index contributed by atoms with van der Waals surface area (Å²) in [6.07, 6.45) is 7.35. The molecule has 1 saturated carbocycles. The number of nitrogens with one attached hydrogen (secondary N) is 1. The number of thiophene rings is 1. The molecule has 0 amide bonds. The smallest absolute Gasteiger partial charge is 0.0299 e. The van der Waals surface area contributed by atoms with Gasteiger partial charge in [0.1, 0.15) is 0 Å². The van der Waals surface area contributed by atoms with Gasteiger partial charge < -0.3 is 11.1 Å². The molecule has 0 aliphatic heterocycles. The van der Waals surface area contributed by atoms with Crippen LogP contribution >= 0.6 is 11.3 Å². The molecule has 1 aliphatic rings. The third-order valence-electron chi connectivity index (χ3n) is 3.76. The van der Waals surface area contributed by atoms with Crippen molar-refractivity contribution < 1.29 is 0 Å². The van der Waals surface area contributed by atoms with Gasteiger partial charge in [-0.05, 0) is 44.4 Å². The van der Waals surface area contributed by atoms with Gasteiger partial charge in [0, 0.05) is 21.8 Å². The van der Waals surface area contributed by atoms with Gasteiger partial charge in [-0.3, -0.25) is 0 Å². The molecule has 1 aromatic rings. The van der Waals surface area contributed by atoms with Crippen molar-refractivity contribution in [3.8, 4) is 0 Å². The maximum atomic E-state index is 6.33. The molecule has 0 bridgehead atoms. The Morgan fingerprint density at radius 1 is 1.29 bits per heavy atom. The normalized spacial score (nSPS) is 18.7. The van der Waals surface area contributed by atoms with Gasteiger partial charge >= 0.3 is 0 Å². The van der Waals surface area contributed by atoms with Crippen molar-refractivity contribution in [3.63, 3.8) is 0 Å².